The smallest absolute Gasteiger partial charge is 0.161 e. The Morgan fingerprint density at radius 3 is 2.92 bits per heavy atom. The largest absolute Gasteiger partial charge is 0.321 e. The molecule has 2 aliphatic carbocycles. The third kappa shape index (κ3) is 1.25. The van der Waals surface area contributed by atoms with Crippen molar-refractivity contribution in [2.75, 3.05) is 0 Å². The zero-order valence-corrected chi connectivity index (χ0v) is 7.19. The Morgan fingerprint density at radius 1 is 1.38 bits per heavy atom. The van der Waals surface area contributed by atoms with Gasteiger partial charge >= 0.3 is 0 Å². The predicted molar refractivity (Wildman–Crippen MR) is 47.9 cm³/mol. The van der Waals surface area contributed by atoms with E-state index in [1.165, 1.54) is 12.2 Å². The van der Waals surface area contributed by atoms with Crippen LogP contribution in [0.15, 0.2) is 24.3 Å². The van der Waals surface area contributed by atoms with E-state index in [1.807, 2.05) is 0 Å². The molecule has 0 saturated heterocycles. The summed E-state index contributed by atoms with van der Waals surface area (Å²) in [6, 6.07) is 0. The van der Waals surface area contributed by atoms with E-state index < -0.39 is 5.54 Å². The summed E-state index contributed by atoms with van der Waals surface area (Å²) in [5.41, 5.74) is 5.39. The highest BCUT2D eigenvalue weighted by atomic mass is 16.1. The zero-order chi connectivity index (χ0) is 9.47. The molecule has 0 aliphatic heterocycles. The summed E-state index contributed by atoms with van der Waals surface area (Å²) in [6.07, 6.45) is 7.37. The average molecular weight is 177 g/mol. The number of carbonyl (C=O) groups is 2. The van der Waals surface area contributed by atoms with Gasteiger partial charge in [0.25, 0.3) is 0 Å². The van der Waals surface area contributed by atoms with E-state index in [0.29, 0.717) is 6.42 Å². The summed E-state index contributed by atoms with van der Waals surface area (Å²) in [4.78, 5) is 22.5. The summed E-state index contributed by atoms with van der Waals surface area (Å²) in [7, 11) is 0. The first kappa shape index (κ1) is 8.38. The molecule has 0 radical (unpaired) electrons. The first-order valence-corrected chi connectivity index (χ1v) is 4.33. The molecule has 0 aromatic heterocycles. The van der Waals surface area contributed by atoms with Gasteiger partial charge in [0.2, 0.25) is 0 Å². The molecule has 3 nitrogen and oxygen atoms in total. The van der Waals surface area contributed by atoms with Crippen LogP contribution in [0.3, 0.4) is 0 Å². The lowest BCUT2D eigenvalue weighted by atomic mass is 9.70. The van der Waals surface area contributed by atoms with Crippen molar-refractivity contribution >= 4 is 11.6 Å². The maximum atomic E-state index is 11.4. The molecule has 0 aromatic carbocycles. The summed E-state index contributed by atoms with van der Waals surface area (Å²) in [6.45, 7) is 0. The van der Waals surface area contributed by atoms with Gasteiger partial charge in [-0.3, -0.25) is 9.59 Å². The summed E-state index contributed by atoms with van der Waals surface area (Å²) in [5.74, 6) is -0.365. The number of hydrogen-bond donors (Lipinski definition) is 1. The second-order valence-electron chi connectivity index (χ2n) is 3.68. The topological polar surface area (TPSA) is 60.2 Å². The number of hydrogen-bond acceptors (Lipinski definition) is 3. The normalized spacial score (nSPS) is 37.8. The fourth-order valence-electron chi connectivity index (χ4n) is 1.89. The Balaban J connectivity index is 2.40. The van der Waals surface area contributed by atoms with Crippen molar-refractivity contribution in [2.45, 2.75) is 18.4 Å². The minimum Gasteiger partial charge on any atom is -0.321 e. The van der Waals surface area contributed by atoms with Crippen molar-refractivity contribution in [3.63, 3.8) is 0 Å². The lowest BCUT2D eigenvalue weighted by molar-refractivity contribution is -0.125. The second kappa shape index (κ2) is 2.64. The fraction of sp³-hybridized carbons (Fsp3) is 0.400. The van der Waals surface area contributed by atoms with Crippen molar-refractivity contribution in [2.24, 2.45) is 11.7 Å². The lowest BCUT2D eigenvalue weighted by Gasteiger charge is -2.36. The summed E-state index contributed by atoms with van der Waals surface area (Å²) in [5, 5.41) is 0. The number of nitrogens with two attached hydrogens (primary N) is 1. The molecule has 0 bridgehead atoms. The SMILES string of the molecule is N[C@@]12C=CC(=O)C[C@H]1C(=O)C=CC2. The van der Waals surface area contributed by atoms with Crippen molar-refractivity contribution in [3.8, 4) is 0 Å². The number of allylic oxidation sites excluding steroid dienone is 2. The first-order valence-electron chi connectivity index (χ1n) is 4.33. The van der Waals surface area contributed by atoms with E-state index in [4.69, 9.17) is 5.73 Å². The van der Waals surface area contributed by atoms with Gasteiger partial charge < -0.3 is 5.73 Å². The third-order valence-electron chi connectivity index (χ3n) is 2.73. The molecule has 0 spiro atoms. The molecule has 0 heterocycles. The van der Waals surface area contributed by atoms with Crippen molar-refractivity contribution in [3.05, 3.63) is 24.3 Å². The van der Waals surface area contributed by atoms with Crippen LogP contribution in [0.2, 0.25) is 0 Å². The minimum absolute atomic E-state index is 0.00488. The van der Waals surface area contributed by atoms with Gasteiger partial charge in [-0.05, 0) is 18.6 Å². The Hall–Kier alpha value is -1.22. The number of fused-ring (bicyclic) bond motifs is 1. The van der Waals surface area contributed by atoms with Crippen LogP contribution in [-0.2, 0) is 9.59 Å². The van der Waals surface area contributed by atoms with Gasteiger partial charge in [-0.1, -0.05) is 12.2 Å². The van der Waals surface area contributed by atoms with Crippen LogP contribution in [0.1, 0.15) is 12.8 Å². The van der Waals surface area contributed by atoms with Gasteiger partial charge in [-0.25, -0.2) is 0 Å². The molecule has 0 saturated carbocycles. The van der Waals surface area contributed by atoms with Crippen LogP contribution in [0.4, 0.5) is 0 Å². The Morgan fingerprint density at radius 2 is 2.15 bits per heavy atom. The van der Waals surface area contributed by atoms with Crippen molar-refractivity contribution in [1.29, 1.82) is 0 Å². The van der Waals surface area contributed by atoms with Crippen LogP contribution in [0.5, 0.6) is 0 Å². The van der Waals surface area contributed by atoms with E-state index >= 15 is 0 Å². The first-order chi connectivity index (χ1) is 6.12. The summed E-state index contributed by atoms with van der Waals surface area (Å²) < 4.78 is 0. The lowest BCUT2D eigenvalue weighted by Crippen LogP contribution is -2.52. The number of ketones is 2. The molecule has 0 aromatic rings. The van der Waals surface area contributed by atoms with E-state index in [9.17, 15) is 9.59 Å². The molecule has 2 atom stereocenters. The van der Waals surface area contributed by atoms with Gasteiger partial charge in [-0.2, -0.15) is 0 Å². The van der Waals surface area contributed by atoms with Crippen LogP contribution >= 0.6 is 0 Å². The van der Waals surface area contributed by atoms with E-state index in [2.05, 4.69) is 0 Å². The fourth-order valence-corrected chi connectivity index (χ4v) is 1.89. The highest BCUT2D eigenvalue weighted by Gasteiger charge is 2.41. The Labute approximate surface area is 76.3 Å². The molecule has 3 heteroatoms. The van der Waals surface area contributed by atoms with Crippen molar-refractivity contribution < 1.29 is 9.59 Å². The molecule has 2 aliphatic rings. The molecule has 2 N–H and O–H groups in total. The molecule has 2 rings (SSSR count). The minimum atomic E-state index is -0.611. The van der Waals surface area contributed by atoms with Crippen LogP contribution < -0.4 is 5.73 Å². The maximum Gasteiger partial charge on any atom is 0.161 e. The van der Waals surface area contributed by atoms with Crippen LogP contribution in [0.25, 0.3) is 0 Å². The van der Waals surface area contributed by atoms with Crippen molar-refractivity contribution in [1.82, 2.24) is 0 Å². The van der Waals surface area contributed by atoms with Gasteiger partial charge in [0.1, 0.15) is 0 Å². The molecule has 68 valence electrons. The summed E-state index contributed by atoms with van der Waals surface area (Å²) >= 11 is 0. The Kier molecular flexibility index (Phi) is 1.70. The van der Waals surface area contributed by atoms with E-state index in [-0.39, 0.29) is 23.9 Å². The number of rotatable bonds is 0. The molecular formula is C10H11NO2. The number of carbonyl (C=O) groups excluding carboxylic acids is 2. The molecule has 0 unspecified atom stereocenters. The van der Waals surface area contributed by atoms with E-state index in [0.717, 1.165) is 0 Å². The van der Waals surface area contributed by atoms with Gasteiger partial charge in [0, 0.05) is 12.0 Å². The highest BCUT2D eigenvalue weighted by Crippen LogP contribution is 2.32. The quantitative estimate of drug-likeness (QED) is 0.581. The molecule has 0 amide bonds. The second-order valence-corrected chi connectivity index (χ2v) is 3.68. The van der Waals surface area contributed by atoms with E-state index in [1.54, 1.807) is 12.2 Å². The molecule has 13 heavy (non-hydrogen) atoms. The third-order valence-corrected chi connectivity index (χ3v) is 2.73. The average Bonchev–Trinajstić information content (AvgIpc) is 2.08. The predicted octanol–water partition coefficient (Wildman–Crippen LogP) is 0.358. The monoisotopic (exact) mass is 177 g/mol. The Bertz CT molecular complexity index is 330. The zero-order valence-electron chi connectivity index (χ0n) is 7.19. The van der Waals surface area contributed by atoms with Gasteiger partial charge in [0.15, 0.2) is 11.6 Å². The van der Waals surface area contributed by atoms with Gasteiger partial charge in [-0.15, -0.1) is 0 Å². The van der Waals surface area contributed by atoms with Crippen LogP contribution in [0, 0.1) is 5.92 Å². The van der Waals surface area contributed by atoms with Crippen LogP contribution in [-0.4, -0.2) is 17.1 Å². The van der Waals surface area contributed by atoms with Gasteiger partial charge in [0.05, 0.1) is 5.92 Å². The molecule has 0 fully saturated rings. The molecular weight excluding hydrogens is 166 g/mol. The highest BCUT2D eigenvalue weighted by molar-refractivity contribution is 6.01. The maximum absolute atomic E-state index is 11.4. The standard InChI is InChI=1S/C10H11NO2/c11-10-4-1-2-9(13)8(10)6-7(12)3-5-10/h1-3,5,8H,4,6,11H2/t8-,10-/m0/s1.